The number of nitrogens with one attached hydrogen (secondary N) is 1. The number of benzene rings is 2. The molecule has 0 heterocycles. The fourth-order valence-electron chi connectivity index (χ4n) is 4.55. The van der Waals surface area contributed by atoms with Crippen molar-refractivity contribution < 1.29 is 9.53 Å². The molecule has 1 N–H and O–H groups in total. The van der Waals surface area contributed by atoms with E-state index in [-0.39, 0.29) is 11.4 Å². The average Bonchev–Trinajstić information content (AvgIpc) is 2.99. The molecule has 2 aromatic rings. The molecule has 1 aliphatic carbocycles. The molecule has 3 rings (SSSR count). The molecule has 0 atom stereocenters. The number of hydrogen-bond donors (Lipinski definition) is 1. The Kier molecular flexibility index (Phi) is 7.54. The van der Waals surface area contributed by atoms with Crippen LogP contribution in [0.15, 0.2) is 42.5 Å². The summed E-state index contributed by atoms with van der Waals surface area (Å²) in [7, 11) is 4.29. The van der Waals surface area contributed by atoms with E-state index in [1.807, 2.05) is 44.2 Å². The molecule has 1 saturated carbocycles. The molecule has 0 aliphatic heterocycles. The van der Waals surface area contributed by atoms with Crippen molar-refractivity contribution in [1.82, 2.24) is 10.2 Å². The lowest BCUT2D eigenvalue weighted by atomic mass is 9.88. The van der Waals surface area contributed by atoms with Gasteiger partial charge in [-0.25, -0.2) is 0 Å². The molecule has 0 aromatic heterocycles. The quantitative estimate of drug-likeness (QED) is 0.635. The smallest absolute Gasteiger partial charge is 0.251 e. The first kappa shape index (κ1) is 22.4. The minimum Gasteiger partial charge on any atom is -0.488 e. The van der Waals surface area contributed by atoms with Crippen LogP contribution in [-0.4, -0.2) is 37.0 Å². The summed E-state index contributed by atoms with van der Waals surface area (Å²) in [5.74, 6) is 0.866. The zero-order valence-electron chi connectivity index (χ0n) is 19.0. The lowest BCUT2D eigenvalue weighted by Gasteiger charge is -2.39. The normalized spacial score (nSPS) is 16.2. The molecule has 1 amide bonds. The van der Waals surface area contributed by atoms with E-state index in [1.165, 1.54) is 25.7 Å². The van der Waals surface area contributed by atoms with Gasteiger partial charge >= 0.3 is 0 Å². The third-order valence-electron chi connectivity index (χ3n) is 6.51. The number of nitrogens with zero attached hydrogens (tertiary/aromatic N) is 1. The Morgan fingerprint density at radius 2 is 1.60 bits per heavy atom. The van der Waals surface area contributed by atoms with E-state index >= 15 is 0 Å². The Bertz CT molecular complexity index is 814. The summed E-state index contributed by atoms with van der Waals surface area (Å²) >= 11 is 0. The summed E-state index contributed by atoms with van der Waals surface area (Å²) in [6.45, 7) is 5.25. The van der Waals surface area contributed by atoms with E-state index < -0.39 is 0 Å². The first-order chi connectivity index (χ1) is 14.4. The largest absolute Gasteiger partial charge is 0.488 e. The Labute approximate surface area is 181 Å². The zero-order valence-corrected chi connectivity index (χ0v) is 19.0. The predicted molar refractivity (Wildman–Crippen MR) is 123 cm³/mol. The molecule has 162 valence electrons. The Morgan fingerprint density at radius 1 is 1.00 bits per heavy atom. The molecule has 1 aliphatic rings. The van der Waals surface area contributed by atoms with Gasteiger partial charge in [0.2, 0.25) is 0 Å². The minimum absolute atomic E-state index is 0.00119. The second-order valence-corrected chi connectivity index (χ2v) is 8.93. The molecule has 4 heteroatoms. The molecule has 1 fully saturated rings. The molecule has 0 saturated heterocycles. The van der Waals surface area contributed by atoms with Crippen molar-refractivity contribution in [3.8, 4) is 5.75 Å². The third-order valence-corrected chi connectivity index (χ3v) is 6.51. The summed E-state index contributed by atoms with van der Waals surface area (Å²) < 4.78 is 6.07. The number of carbonyl (C=O) groups is 1. The number of amides is 1. The summed E-state index contributed by atoms with van der Waals surface area (Å²) in [5.41, 5.74) is 3.89. The average molecular weight is 409 g/mol. The van der Waals surface area contributed by atoms with Crippen molar-refractivity contribution in [2.75, 3.05) is 20.6 Å². The maximum Gasteiger partial charge on any atom is 0.251 e. The molecular weight excluding hydrogens is 372 g/mol. The van der Waals surface area contributed by atoms with Crippen LogP contribution in [-0.2, 0) is 6.61 Å². The molecule has 30 heavy (non-hydrogen) atoms. The molecule has 0 unspecified atom stereocenters. The summed E-state index contributed by atoms with van der Waals surface area (Å²) in [5, 5.41) is 3.23. The van der Waals surface area contributed by atoms with Crippen molar-refractivity contribution >= 4 is 5.91 Å². The van der Waals surface area contributed by atoms with Crippen LogP contribution in [0.5, 0.6) is 5.75 Å². The molecule has 0 spiro atoms. The van der Waals surface area contributed by atoms with E-state index in [1.54, 1.807) is 0 Å². The maximum atomic E-state index is 13.0. The first-order valence-electron chi connectivity index (χ1n) is 11.1. The van der Waals surface area contributed by atoms with Crippen LogP contribution in [0.3, 0.4) is 0 Å². The van der Waals surface area contributed by atoms with Crippen molar-refractivity contribution in [2.45, 2.75) is 64.5 Å². The number of rotatable bonds is 7. The Hall–Kier alpha value is -2.33. The Morgan fingerprint density at radius 3 is 2.17 bits per heavy atom. The third kappa shape index (κ3) is 5.42. The van der Waals surface area contributed by atoms with E-state index in [4.69, 9.17) is 4.74 Å². The van der Waals surface area contributed by atoms with Gasteiger partial charge in [0, 0.05) is 17.6 Å². The molecule has 4 nitrogen and oxygen atoms in total. The van der Waals surface area contributed by atoms with Crippen LogP contribution in [0, 0.1) is 13.8 Å². The standard InChI is InChI=1S/C26H36N2O2/c1-20-16-23(17-21(2)24(20)30-18-22-12-8-7-9-13-22)25(29)27-19-26(28(3)4)14-10-5-6-11-15-26/h7-9,12-13,16-17H,5-6,10-11,14-15,18-19H2,1-4H3,(H,27,29). The second kappa shape index (κ2) is 10.1. The van der Waals surface area contributed by atoms with Gasteiger partial charge in [0.05, 0.1) is 0 Å². The molecule has 0 bridgehead atoms. The highest BCUT2D eigenvalue weighted by molar-refractivity contribution is 5.95. The van der Waals surface area contributed by atoms with Crippen LogP contribution in [0.4, 0.5) is 0 Å². The van der Waals surface area contributed by atoms with E-state index in [2.05, 4.69) is 36.4 Å². The predicted octanol–water partition coefficient (Wildman–Crippen LogP) is 5.27. The lowest BCUT2D eigenvalue weighted by Crippen LogP contribution is -2.52. The molecule has 2 aromatic carbocycles. The van der Waals surface area contributed by atoms with Crippen LogP contribution in [0.2, 0.25) is 0 Å². The number of likely N-dealkylation sites (N-methyl/N-ethyl adjacent to an activating group) is 1. The SMILES string of the molecule is Cc1cc(C(=O)NCC2(N(C)C)CCCCCC2)cc(C)c1OCc1ccccc1. The highest BCUT2D eigenvalue weighted by Gasteiger charge is 2.33. The first-order valence-corrected chi connectivity index (χ1v) is 11.1. The minimum atomic E-state index is 0.00119. The van der Waals surface area contributed by atoms with Crippen molar-refractivity contribution in [2.24, 2.45) is 0 Å². The highest BCUT2D eigenvalue weighted by Crippen LogP contribution is 2.31. The van der Waals surface area contributed by atoms with Gasteiger partial charge in [-0.3, -0.25) is 4.79 Å². The molecular formula is C26H36N2O2. The number of hydrogen-bond acceptors (Lipinski definition) is 3. The monoisotopic (exact) mass is 408 g/mol. The fourth-order valence-corrected chi connectivity index (χ4v) is 4.55. The second-order valence-electron chi connectivity index (χ2n) is 8.93. The number of aryl methyl sites for hydroxylation is 2. The van der Waals surface area contributed by atoms with Gasteiger partial charge < -0.3 is 15.0 Å². The van der Waals surface area contributed by atoms with Gasteiger partial charge in [0.25, 0.3) is 5.91 Å². The van der Waals surface area contributed by atoms with Gasteiger partial charge in [-0.2, -0.15) is 0 Å². The number of carbonyl (C=O) groups excluding carboxylic acids is 1. The van der Waals surface area contributed by atoms with E-state index in [0.717, 1.165) is 35.3 Å². The van der Waals surface area contributed by atoms with Crippen LogP contribution in [0.1, 0.15) is 65.6 Å². The summed E-state index contributed by atoms with van der Waals surface area (Å²) in [6, 6.07) is 14.0. The van der Waals surface area contributed by atoms with Gasteiger partial charge in [0.15, 0.2) is 0 Å². The lowest BCUT2D eigenvalue weighted by molar-refractivity contribution is 0.0869. The Balaban J connectivity index is 1.67. The van der Waals surface area contributed by atoms with Crippen LogP contribution in [0.25, 0.3) is 0 Å². The van der Waals surface area contributed by atoms with Gasteiger partial charge in [0.1, 0.15) is 12.4 Å². The van der Waals surface area contributed by atoms with Crippen LogP contribution >= 0.6 is 0 Å². The fraction of sp³-hybridized carbons (Fsp3) is 0.500. The topological polar surface area (TPSA) is 41.6 Å². The van der Waals surface area contributed by atoms with Crippen molar-refractivity contribution in [3.63, 3.8) is 0 Å². The maximum absolute atomic E-state index is 13.0. The highest BCUT2D eigenvalue weighted by atomic mass is 16.5. The van der Waals surface area contributed by atoms with Crippen molar-refractivity contribution in [3.05, 3.63) is 64.7 Å². The van der Waals surface area contributed by atoms with Gasteiger partial charge in [-0.1, -0.05) is 56.0 Å². The van der Waals surface area contributed by atoms with E-state index in [9.17, 15) is 4.79 Å². The van der Waals surface area contributed by atoms with Gasteiger partial charge in [-0.05, 0) is 69.6 Å². The van der Waals surface area contributed by atoms with E-state index in [0.29, 0.717) is 18.7 Å². The van der Waals surface area contributed by atoms with Gasteiger partial charge in [-0.15, -0.1) is 0 Å². The zero-order chi connectivity index (χ0) is 21.6. The summed E-state index contributed by atoms with van der Waals surface area (Å²) in [6.07, 6.45) is 7.35. The van der Waals surface area contributed by atoms with Crippen molar-refractivity contribution in [1.29, 1.82) is 0 Å². The van der Waals surface area contributed by atoms with Crippen LogP contribution < -0.4 is 10.1 Å². The number of ether oxygens (including phenoxy) is 1. The molecule has 0 radical (unpaired) electrons. The summed E-state index contributed by atoms with van der Waals surface area (Å²) in [4.78, 5) is 15.3.